The number of carbonyl (C=O) groups is 4. The monoisotopic (exact) mass is 1110 g/mol. The highest BCUT2D eigenvalue weighted by Crippen LogP contribution is 2.48. The van der Waals surface area contributed by atoms with E-state index in [1.54, 1.807) is 14.2 Å². The molecule has 1 aliphatic rings. The highest BCUT2D eigenvalue weighted by molar-refractivity contribution is 7.50. The summed E-state index contributed by atoms with van der Waals surface area (Å²) < 4.78 is 64.8. The van der Waals surface area contributed by atoms with Crippen molar-refractivity contribution < 1.29 is 66.3 Å². The number of amides is 1. The van der Waals surface area contributed by atoms with Gasteiger partial charge in [0.1, 0.15) is 50.3 Å². The summed E-state index contributed by atoms with van der Waals surface area (Å²) in [4.78, 5) is 49.6. The van der Waals surface area contributed by atoms with Gasteiger partial charge in [-0.1, -0.05) is 113 Å². The van der Waals surface area contributed by atoms with E-state index >= 15 is 0 Å². The first-order chi connectivity index (χ1) is 37.5. The van der Waals surface area contributed by atoms with Crippen LogP contribution in [0.25, 0.3) is 0 Å². The Labute approximate surface area is 465 Å². The lowest BCUT2D eigenvalue weighted by atomic mass is 9.80. The number of primary amides is 1. The summed E-state index contributed by atoms with van der Waals surface area (Å²) in [6, 6.07) is 28.3. The van der Waals surface area contributed by atoms with Gasteiger partial charge in [-0.15, -0.1) is 0 Å². The second-order valence-electron chi connectivity index (χ2n) is 20.3. The number of hydrogen-bond donors (Lipinski definition) is 1. The van der Waals surface area contributed by atoms with E-state index in [1.165, 1.54) is 46.5 Å². The molecule has 4 rings (SSSR count). The molecule has 18 heteroatoms. The number of hydrogen-bond acceptors (Lipinski definition) is 16. The van der Waals surface area contributed by atoms with Gasteiger partial charge in [-0.3, -0.25) is 23.8 Å². The normalized spacial score (nSPS) is 18.7. The van der Waals surface area contributed by atoms with E-state index in [9.17, 15) is 24.4 Å². The SMILES string of the molecule is CCCCCCCCCCC(CCO[C@@H]1O[C@H](COC(C)=O)[C@H](OC(C)=O)[C@H](OC(C)=O)[C@H]1CC(N)=O)OC[C@@H](COC(c1ccccc1)(c1ccc(OC)cc1)c1ccc(OC)cc1)OP(CCC#N)N(C(C)C)C(C)C. The van der Waals surface area contributed by atoms with Crippen LogP contribution in [0.5, 0.6) is 11.5 Å². The Morgan fingerprint density at radius 1 is 0.718 bits per heavy atom. The van der Waals surface area contributed by atoms with Crippen molar-refractivity contribution in [3.8, 4) is 17.6 Å². The number of rotatable bonds is 37. The lowest BCUT2D eigenvalue weighted by molar-refractivity contribution is -0.292. The van der Waals surface area contributed by atoms with Crippen LogP contribution in [0.4, 0.5) is 0 Å². The minimum Gasteiger partial charge on any atom is -0.497 e. The summed E-state index contributed by atoms with van der Waals surface area (Å²) in [5.41, 5.74) is 7.19. The summed E-state index contributed by atoms with van der Waals surface area (Å²) in [6.07, 6.45) is 4.61. The van der Waals surface area contributed by atoms with Crippen LogP contribution in [-0.4, -0.2) is 124 Å². The average molecular weight is 1110 g/mol. The molecule has 0 saturated carbocycles. The molecule has 3 aromatic rings. The summed E-state index contributed by atoms with van der Waals surface area (Å²) in [5.74, 6) is -2.35. The zero-order chi connectivity index (χ0) is 57.0. The molecule has 1 heterocycles. The van der Waals surface area contributed by atoms with Crippen molar-refractivity contribution in [1.82, 2.24) is 4.67 Å². The van der Waals surface area contributed by atoms with Crippen molar-refractivity contribution in [2.45, 2.75) is 187 Å². The fourth-order valence-electron chi connectivity index (χ4n) is 10.0. The molecule has 1 amide bonds. The van der Waals surface area contributed by atoms with Crippen molar-refractivity contribution >= 4 is 32.1 Å². The number of esters is 3. The lowest BCUT2D eigenvalue weighted by Gasteiger charge is -2.44. The van der Waals surface area contributed by atoms with Crippen molar-refractivity contribution in [3.05, 3.63) is 95.6 Å². The van der Waals surface area contributed by atoms with Crippen LogP contribution in [0.3, 0.4) is 0 Å². The number of methoxy groups -OCH3 is 2. The summed E-state index contributed by atoms with van der Waals surface area (Å²) >= 11 is 0. The molecule has 0 spiro atoms. The average Bonchev–Trinajstić information content (AvgIpc) is 3.42. The summed E-state index contributed by atoms with van der Waals surface area (Å²) in [5, 5.41) is 9.94. The molecule has 1 saturated heterocycles. The van der Waals surface area contributed by atoms with Crippen molar-refractivity contribution in [2.75, 3.05) is 46.8 Å². The number of nitrogens with two attached hydrogens (primary N) is 1. The molecule has 3 aromatic carbocycles. The first-order valence-corrected chi connectivity index (χ1v) is 29.1. The summed E-state index contributed by atoms with van der Waals surface area (Å²) in [6.45, 7) is 14.2. The van der Waals surface area contributed by atoms with E-state index < -0.39 is 74.3 Å². The molecule has 432 valence electrons. The van der Waals surface area contributed by atoms with Gasteiger partial charge in [-0.25, -0.2) is 0 Å². The quantitative estimate of drug-likeness (QED) is 0.0187. The highest BCUT2D eigenvalue weighted by atomic mass is 31.2. The number of benzene rings is 3. The first-order valence-electron chi connectivity index (χ1n) is 27.7. The van der Waals surface area contributed by atoms with Gasteiger partial charge in [-0.2, -0.15) is 5.26 Å². The highest BCUT2D eigenvalue weighted by Gasteiger charge is 2.51. The molecule has 17 nitrogen and oxygen atoms in total. The molecule has 0 radical (unpaired) electrons. The minimum atomic E-state index is -1.35. The Bertz CT molecular complexity index is 2210. The molecule has 1 fully saturated rings. The van der Waals surface area contributed by atoms with Gasteiger partial charge in [0.2, 0.25) is 5.91 Å². The van der Waals surface area contributed by atoms with Crippen LogP contribution in [-0.2, 0) is 62.5 Å². The predicted octanol–water partition coefficient (Wildman–Crippen LogP) is 10.7. The number of ether oxygens (including phenoxy) is 9. The zero-order valence-electron chi connectivity index (χ0n) is 47.9. The number of nitriles is 1. The molecule has 2 N–H and O–H groups in total. The maximum Gasteiger partial charge on any atom is 0.303 e. The van der Waals surface area contributed by atoms with Crippen LogP contribution in [0.2, 0.25) is 0 Å². The van der Waals surface area contributed by atoms with Gasteiger partial charge in [0.25, 0.3) is 0 Å². The number of nitrogens with zero attached hydrogens (tertiary/aromatic N) is 2. The third-order valence-corrected chi connectivity index (χ3v) is 16.1. The van der Waals surface area contributed by atoms with Gasteiger partial charge in [-0.05, 0) is 81.5 Å². The van der Waals surface area contributed by atoms with E-state index in [-0.39, 0.29) is 51.0 Å². The van der Waals surface area contributed by atoms with Crippen LogP contribution in [0, 0.1) is 17.2 Å². The molecule has 0 aliphatic carbocycles. The van der Waals surface area contributed by atoms with E-state index in [0.717, 1.165) is 42.4 Å². The first kappa shape index (κ1) is 65.3. The lowest BCUT2D eigenvalue weighted by Crippen LogP contribution is -2.59. The Morgan fingerprint density at radius 2 is 1.27 bits per heavy atom. The second kappa shape index (κ2) is 34.7. The smallest absolute Gasteiger partial charge is 0.303 e. The topological polar surface area (TPSA) is 214 Å². The Balaban J connectivity index is 1.77. The van der Waals surface area contributed by atoms with Gasteiger partial charge in [0, 0.05) is 51.9 Å². The van der Waals surface area contributed by atoms with Crippen LogP contribution < -0.4 is 15.2 Å². The molecule has 0 aromatic heterocycles. The zero-order valence-corrected chi connectivity index (χ0v) is 48.8. The third-order valence-electron chi connectivity index (χ3n) is 13.5. The molecule has 78 heavy (non-hydrogen) atoms. The van der Waals surface area contributed by atoms with Crippen LogP contribution >= 0.6 is 8.30 Å². The standard InChI is InChI=1S/C60H88N3O14P/c1-11-12-13-14-15-16-17-21-25-52(34-36-70-59-54(38-56(62)67)57(74-45(7)65)58(75-46(8)66)55(76-59)41-71-44(6)64)72-39-53(77-78(37-22-35-61)63(42(2)3)43(4)5)40-73-60(47-23-19-18-20-24-47,48-26-30-50(68-9)31-27-48)49-28-32-51(69-10)33-29-49/h18-20,23-24,26-33,42-43,52-55,57-59H,11-17,21-22,25,34,36-41H2,1-10H3,(H2,62,67)/t52?,53-,54+,55+,57+,58-,59+,78?/m0/s1. The molecular formula is C60H88N3O14P. The molecular weight excluding hydrogens is 1020 g/mol. The molecule has 1 aliphatic heterocycles. The maximum atomic E-state index is 12.6. The maximum absolute atomic E-state index is 12.6. The van der Waals surface area contributed by atoms with Crippen molar-refractivity contribution in [3.63, 3.8) is 0 Å². The van der Waals surface area contributed by atoms with Crippen LogP contribution in [0.1, 0.15) is 149 Å². The van der Waals surface area contributed by atoms with Gasteiger partial charge < -0.3 is 52.9 Å². The Kier molecular flexibility index (Phi) is 29.1. The Hall–Kier alpha value is -5.18. The summed E-state index contributed by atoms with van der Waals surface area (Å²) in [7, 11) is 1.92. The second-order valence-corrected chi connectivity index (χ2v) is 22.1. The third kappa shape index (κ3) is 20.8. The fraction of sp³-hybridized carbons (Fsp3) is 0.617. The van der Waals surface area contributed by atoms with Gasteiger partial charge >= 0.3 is 17.9 Å². The van der Waals surface area contributed by atoms with E-state index in [1.807, 2.05) is 78.9 Å². The van der Waals surface area contributed by atoms with Crippen molar-refractivity contribution in [2.24, 2.45) is 11.7 Å². The molecule has 2 unspecified atom stereocenters. The minimum absolute atomic E-state index is 0.0599. The largest absolute Gasteiger partial charge is 0.497 e. The van der Waals surface area contributed by atoms with Gasteiger partial charge in [0.05, 0.1) is 52.1 Å². The van der Waals surface area contributed by atoms with E-state index in [4.69, 9.17) is 52.9 Å². The Morgan fingerprint density at radius 3 is 1.78 bits per heavy atom. The van der Waals surface area contributed by atoms with E-state index in [0.29, 0.717) is 36.9 Å². The van der Waals surface area contributed by atoms with Crippen molar-refractivity contribution in [1.29, 1.82) is 5.26 Å². The number of unbranched alkanes of at least 4 members (excludes halogenated alkanes) is 7. The van der Waals surface area contributed by atoms with E-state index in [2.05, 4.69) is 45.4 Å². The molecule has 0 bridgehead atoms. The van der Waals surface area contributed by atoms with Crippen LogP contribution in [0.15, 0.2) is 78.9 Å². The molecule has 8 atom stereocenters. The fourth-order valence-corrected chi connectivity index (χ4v) is 12.2. The predicted molar refractivity (Wildman–Crippen MR) is 299 cm³/mol. The number of carbonyl (C=O) groups excluding carboxylic acids is 4. The van der Waals surface area contributed by atoms with Gasteiger partial charge in [0.15, 0.2) is 12.4 Å².